The molecule has 0 bridgehead atoms. The van der Waals surface area contributed by atoms with Gasteiger partial charge in [-0.05, 0) is 59.9 Å². The van der Waals surface area contributed by atoms with Crippen LogP contribution < -0.4 is 0 Å². The largest absolute Gasteiger partial charge is 0.416 e. The van der Waals surface area contributed by atoms with E-state index in [-0.39, 0.29) is 29.3 Å². The number of hydrogen-bond acceptors (Lipinski definition) is 3. The molecule has 0 saturated heterocycles. The van der Waals surface area contributed by atoms with Crippen LogP contribution >= 0.6 is 0 Å². The van der Waals surface area contributed by atoms with E-state index in [0.29, 0.717) is 11.1 Å². The third-order valence-electron chi connectivity index (χ3n) is 7.87. The highest BCUT2D eigenvalue weighted by Crippen LogP contribution is 2.58. The van der Waals surface area contributed by atoms with Gasteiger partial charge in [0.05, 0.1) is 48.6 Å². The summed E-state index contributed by atoms with van der Waals surface area (Å²) < 4.78 is 117. The minimum Gasteiger partial charge on any atom is -0.237 e. The van der Waals surface area contributed by atoms with Crippen LogP contribution in [0.1, 0.15) is 55.6 Å². The van der Waals surface area contributed by atoms with Crippen molar-refractivity contribution in [3.05, 3.63) is 149 Å². The third kappa shape index (κ3) is 5.14. The van der Waals surface area contributed by atoms with Gasteiger partial charge in [-0.3, -0.25) is 0 Å². The van der Waals surface area contributed by atoms with Crippen molar-refractivity contribution in [1.29, 1.82) is 15.8 Å². The maximum Gasteiger partial charge on any atom is 0.416 e. The number of fused-ring (bicyclic) bond motifs is 2. The Morgan fingerprint density at radius 2 is 1.06 bits per heavy atom. The van der Waals surface area contributed by atoms with Crippen molar-refractivity contribution in [1.82, 2.24) is 0 Å². The van der Waals surface area contributed by atoms with E-state index in [2.05, 4.69) is 14.5 Å². The van der Waals surface area contributed by atoms with Crippen LogP contribution in [0, 0.1) is 79.2 Å². The molecule has 0 amide bonds. The summed E-state index contributed by atoms with van der Waals surface area (Å²) in [5, 5.41) is 30.0. The Hall–Kier alpha value is -7.00. The minimum atomic E-state index is -5.39. The highest BCUT2D eigenvalue weighted by atomic mass is 19.4. The highest BCUT2D eigenvalue weighted by Gasteiger charge is 2.45. The zero-order chi connectivity index (χ0) is 37.0. The van der Waals surface area contributed by atoms with Crippen molar-refractivity contribution in [2.75, 3.05) is 0 Å². The minimum absolute atomic E-state index is 0.171. The van der Waals surface area contributed by atoms with Gasteiger partial charge in [0, 0.05) is 27.8 Å². The Morgan fingerprint density at radius 1 is 0.620 bits per heavy atom. The van der Waals surface area contributed by atoms with E-state index >= 15 is 8.78 Å². The van der Waals surface area contributed by atoms with E-state index < -0.39 is 102 Å². The third-order valence-corrected chi connectivity index (χ3v) is 7.87. The summed E-state index contributed by atoms with van der Waals surface area (Å²) in [6.07, 6.45) is -10.8. The fourth-order valence-electron chi connectivity index (χ4n) is 6.12. The van der Waals surface area contributed by atoms with Gasteiger partial charge in [0.2, 0.25) is 5.70 Å². The lowest BCUT2D eigenvalue weighted by atomic mass is 9.90. The van der Waals surface area contributed by atoms with Crippen molar-refractivity contribution in [3.63, 3.8) is 0 Å². The van der Waals surface area contributed by atoms with E-state index in [1.54, 1.807) is 26.0 Å². The molecule has 242 valence electrons. The van der Waals surface area contributed by atoms with Crippen molar-refractivity contribution < 1.29 is 35.1 Å². The van der Waals surface area contributed by atoms with E-state index in [1.807, 2.05) is 0 Å². The number of halogens is 8. The van der Waals surface area contributed by atoms with Crippen molar-refractivity contribution >= 4 is 33.6 Å². The van der Waals surface area contributed by atoms with Gasteiger partial charge in [-0.25, -0.2) is 33.8 Å². The average Bonchev–Trinajstić information content (AvgIpc) is 3.58. The molecule has 3 aromatic rings. The second kappa shape index (κ2) is 11.9. The fraction of sp³-hybridized carbons (Fsp3) is 0.111. The van der Waals surface area contributed by atoms with Crippen LogP contribution in [0.4, 0.5) is 35.1 Å². The number of nitrogens with zero attached hydrogens (tertiary/aromatic N) is 6. The topological polar surface area (TPSA) is 84.4 Å². The molecule has 3 aromatic carbocycles. The first-order valence-electron chi connectivity index (χ1n) is 13.7. The lowest BCUT2D eigenvalue weighted by Crippen LogP contribution is -2.12. The highest BCUT2D eigenvalue weighted by molar-refractivity contribution is 6.29. The van der Waals surface area contributed by atoms with E-state index in [1.165, 1.54) is 24.3 Å². The molecule has 0 atom stereocenters. The van der Waals surface area contributed by atoms with Crippen LogP contribution in [-0.2, 0) is 12.4 Å². The SMILES string of the molecule is [C-]#[N+]C1=C(c2cc(C)cc(C)c2)/C(=C(/C#N)[N+]#[C-])c2c(F)c3c(c(F)c21)/C(=C(/C#N)[N+]#[C-])C(c1cc(C(F)(F)F)cc(C(F)(F)F)c1)=C3C#N. The molecular weight excluding hydrogens is 668 g/mol. The van der Waals surface area contributed by atoms with E-state index in [9.17, 15) is 42.1 Å². The number of rotatable bonds is 2. The first-order chi connectivity index (χ1) is 23.5. The molecule has 0 aromatic heterocycles. The van der Waals surface area contributed by atoms with E-state index in [0.717, 1.165) is 0 Å². The molecule has 0 fully saturated rings. The standard InChI is InChI=1S/C36H12F8N6/c1-15-6-16(2)8-17(7-15)25-28(23(14-47)49-4)30-31(34(25)50-5)33(38)29-26(32(30)37)21(12-45)24(27(29)22(13-46)48-3)18-9-19(35(39,40)41)11-20(10-18)36(42,43)44/h6-11H,1-2H3/b27-22-,28-23+. The summed E-state index contributed by atoms with van der Waals surface area (Å²) in [5.41, 5.74) is -13.5. The zero-order valence-electron chi connectivity index (χ0n) is 25.2. The van der Waals surface area contributed by atoms with Crippen LogP contribution in [0.3, 0.4) is 0 Å². The van der Waals surface area contributed by atoms with Gasteiger partial charge in [-0.2, -0.15) is 31.6 Å². The van der Waals surface area contributed by atoms with Crippen LogP contribution in [0.15, 0.2) is 47.8 Å². The molecule has 0 unspecified atom stereocenters. The summed E-state index contributed by atoms with van der Waals surface area (Å²) in [4.78, 5) is 9.48. The molecular formula is C36H12F8N6. The maximum absolute atomic E-state index is 17.1. The second-order valence-corrected chi connectivity index (χ2v) is 10.9. The number of aryl methyl sites for hydroxylation is 2. The summed E-state index contributed by atoms with van der Waals surface area (Å²) in [6.45, 7) is 26.4. The Labute approximate surface area is 278 Å². The molecule has 14 heteroatoms. The molecule has 5 rings (SSSR count). The summed E-state index contributed by atoms with van der Waals surface area (Å²) >= 11 is 0. The molecule has 6 nitrogen and oxygen atoms in total. The number of alkyl halides is 6. The molecule has 0 heterocycles. The first kappa shape index (κ1) is 34.3. The molecule has 0 spiro atoms. The lowest BCUT2D eigenvalue weighted by molar-refractivity contribution is -0.143. The molecule has 0 saturated carbocycles. The molecule has 2 aliphatic rings. The Morgan fingerprint density at radius 3 is 1.48 bits per heavy atom. The van der Waals surface area contributed by atoms with Gasteiger partial charge in [-0.15, -0.1) is 0 Å². The average molecular weight is 681 g/mol. The number of allylic oxidation sites excluding steroid dienone is 7. The van der Waals surface area contributed by atoms with Crippen LogP contribution in [0.5, 0.6) is 0 Å². The predicted molar refractivity (Wildman–Crippen MR) is 163 cm³/mol. The number of benzene rings is 3. The molecule has 2 aliphatic carbocycles. The lowest BCUT2D eigenvalue weighted by Gasteiger charge is -2.17. The number of hydrogen-bond donors (Lipinski definition) is 0. The first-order valence-corrected chi connectivity index (χ1v) is 13.7. The second-order valence-electron chi connectivity index (χ2n) is 10.9. The van der Waals surface area contributed by atoms with Crippen molar-refractivity contribution in [2.24, 2.45) is 0 Å². The molecule has 0 radical (unpaired) electrons. The zero-order valence-corrected chi connectivity index (χ0v) is 25.2. The van der Waals surface area contributed by atoms with Gasteiger partial charge < -0.3 is 0 Å². The smallest absolute Gasteiger partial charge is 0.237 e. The summed E-state index contributed by atoms with van der Waals surface area (Å²) in [5.74, 6) is -3.14. The van der Waals surface area contributed by atoms with Crippen LogP contribution in [0.2, 0.25) is 0 Å². The van der Waals surface area contributed by atoms with E-state index in [4.69, 9.17) is 19.7 Å². The Balaban J connectivity index is 2.04. The summed E-state index contributed by atoms with van der Waals surface area (Å²) in [6, 6.07) is 9.36. The quantitative estimate of drug-likeness (QED) is 0.153. The van der Waals surface area contributed by atoms with Gasteiger partial charge in [0.15, 0.2) is 0 Å². The normalized spacial score (nSPS) is 15.6. The molecule has 0 aliphatic heterocycles. The van der Waals surface area contributed by atoms with Gasteiger partial charge in [0.1, 0.15) is 17.7 Å². The summed E-state index contributed by atoms with van der Waals surface area (Å²) in [7, 11) is 0. The monoisotopic (exact) mass is 680 g/mol. The number of nitriles is 3. The van der Waals surface area contributed by atoms with Gasteiger partial charge in [0.25, 0.3) is 11.4 Å². The van der Waals surface area contributed by atoms with Crippen LogP contribution in [-0.4, -0.2) is 0 Å². The van der Waals surface area contributed by atoms with Gasteiger partial charge >= 0.3 is 12.4 Å². The molecule has 0 N–H and O–H groups in total. The van der Waals surface area contributed by atoms with Crippen molar-refractivity contribution in [3.8, 4) is 18.2 Å². The Kier molecular flexibility index (Phi) is 8.18. The predicted octanol–water partition coefficient (Wildman–Crippen LogP) is 10.2. The van der Waals surface area contributed by atoms with Gasteiger partial charge in [-0.1, -0.05) is 29.3 Å². The maximum atomic E-state index is 17.1. The molecule has 50 heavy (non-hydrogen) atoms. The van der Waals surface area contributed by atoms with Crippen LogP contribution in [0.25, 0.3) is 48.1 Å². The van der Waals surface area contributed by atoms with Crippen molar-refractivity contribution in [2.45, 2.75) is 26.2 Å². The Bertz CT molecular complexity index is 2420. The fourth-order valence-corrected chi connectivity index (χ4v) is 6.12.